The Morgan fingerprint density at radius 2 is 2.29 bits per heavy atom. The summed E-state index contributed by atoms with van der Waals surface area (Å²) < 4.78 is 12.9. The van der Waals surface area contributed by atoms with Crippen LogP contribution in [0.1, 0.15) is 24.3 Å². The Labute approximate surface area is 124 Å². The Morgan fingerprint density at radius 3 is 3.05 bits per heavy atom. The maximum Gasteiger partial charge on any atom is 0.162 e. The lowest BCUT2D eigenvalue weighted by Crippen LogP contribution is -2.28. The Bertz CT molecular complexity index is 602. The van der Waals surface area contributed by atoms with Crippen LogP contribution in [0.4, 0.5) is 0 Å². The number of aryl methyl sites for hydroxylation is 1. The van der Waals surface area contributed by atoms with E-state index in [-0.39, 0.29) is 5.92 Å². The molecular weight excluding hydrogens is 268 g/mol. The molecule has 3 rings (SSSR count). The van der Waals surface area contributed by atoms with Crippen molar-refractivity contribution in [2.24, 2.45) is 5.92 Å². The van der Waals surface area contributed by atoms with Gasteiger partial charge in [-0.05, 0) is 25.0 Å². The van der Waals surface area contributed by atoms with Crippen LogP contribution in [0.25, 0.3) is 0 Å². The van der Waals surface area contributed by atoms with Gasteiger partial charge < -0.3 is 14.6 Å². The summed E-state index contributed by atoms with van der Waals surface area (Å²) in [6, 6.07) is 7.97. The third kappa shape index (κ3) is 2.49. The van der Waals surface area contributed by atoms with Crippen molar-refractivity contribution in [1.29, 1.82) is 0 Å². The van der Waals surface area contributed by atoms with Gasteiger partial charge in [0, 0.05) is 12.5 Å². The van der Waals surface area contributed by atoms with E-state index in [1.807, 2.05) is 31.2 Å². The quantitative estimate of drug-likeness (QED) is 0.937. The third-order valence-electron chi connectivity index (χ3n) is 4.00. The lowest BCUT2D eigenvalue weighted by atomic mass is 9.90. The Morgan fingerprint density at radius 1 is 1.48 bits per heavy atom. The number of nitrogens with zero attached hydrogens (tertiary/aromatic N) is 2. The lowest BCUT2D eigenvalue weighted by Gasteiger charge is -2.29. The van der Waals surface area contributed by atoms with Crippen molar-refractivity contribution in [3.8, 4) is 11.5 Å². The number of methoxy groups -OCH3 is 1. The molecule has 5 nitrogen and oxygen atoms in total. The van der Waals surface area contributed by atoms with Crippen LogP contribution in [0.5, 0.6) is 11.5 Å². The number of aromatic nitrogens is 2. The van der Waals surface area contributed by atoms with Gasteiger partial charge in [-0.2, -0.15) is 5.10 Å². The molecule has 0 fully saturated rings. The second-order valence-corrected chi connectivity index (χ2v) is 5.24. The molecule has 2 atom stereocenters. The highest BCUT2D eigenvalue weighted by Gasteiger charge is 2.31. The molecule has 0 spiro atoms. The van der Waals surface area contributed by atoms with Crippen LogP contribution in [-0.2, 0) is 13.0 Å². The normalized spacial score (nSPS) is 18.7. The molecule has 0 saturated heterocycles. The summed E-state index contributed by atoms with van der Waals surface area (Å²) in [4.78, 5) is 0. The second-order valence-electron chi connectivity index (χ2n) is 5.24. The first-order valence-electron chi connectivity index (χ1n) is 7.23. The first kappa shape index (κ1) is 13.9. The largest absolute Gasteiger partial charge is 0.493 e. The average molecular weight is 288 g/mol. The van der Waals surface area contributed by atoms with Gasteiger partial charge >= 0.3 is 0 Å². The summed E-state index contributed by atoms with van der Waals surface area (Å²) in [7, 11) is 1.60. The van der Waals surface area contributed by atoms with E-state index in [1.54, 1.807) is 18.0 Å². The molecule has 0 saturated carbocycles. The topological polar surface area (TPSA) is 56.5 Å². The zero-order chi connectivity index (χ0) is 14.8. The fourth-order valence-corrected chi connectivity index (χ4v) is 2.86. The summed E-state index contributed by atoms with van der Waals surface area (Å²) in [5.41, 5.74) is 1.86. The van der Waals surface area contributed by atoms with Crippen molar-refractivity contribution < 1.29 is 14.6 Å². The van der Waals surface area contributed by atoms with E-state index >= 15 is 0 Å². The molecule has 21 heavy (non-hydrogen) atoms. The van der Waals surface area contributed by atoms with Crippen LogP contribution in [0, 0.1) is 5.92 Å². The predicted octanol–water partition coefficient (Wildman–Crippen LogP) is 2.20. The zero-order valence-electron chi connectivity index (χ0n) is 12.3. The van der Waals surface area contributed by atoms with Gasteiger partial charge in [-0.25, -0.2) is 0 Å². The highest BCUT2D eigenvalue weighted by atomic mass is 16.5. The van der Waals surface area contributed by atoms with Crippen LogP contribution in [0.2, 0.25) is 0 Å². The molecule has 2 unspecified atom stereocenters. The summed E-state index contributed by atoms with van der Waals surface area (Å²) in [6.45, 7) is 3.19. The van der Waals surface area contributed by atoms with E-state index in [2.05, 4.69) is 5.10 Å². The van der Waals surface area contributed by atoms with Gasteiger partial charge in [0.05, 0.1) is 19.9 Å². The number of hydrogen-bond acceptors (Lipinski definition) is 4. The maximum atomic E-state index is 10.8. The predicted molar refractivity (Wildman–Crippen MR) is 78.5 cm³/mol. The first-order valence-corrected chi connectivity index (χ1v) is 7.23. The van der Waals surface area contributed by atoms with Gasteiger partial charge in [-0.3, -0.25) is 4.68 Å². The van der Waals surface area contributed by atoms with Crippen molar-refractivity contribution in [2.45, 2.75) is 26.0 Å². The number of aliphatic hydroxyl groups excluding tert-OH is 1. The number of ether oxygens (including phenoxy) is 2. The second kappa shape index (κ2) is 5.77. The van der Waals surface area contributed by atoms with Crippen molar-refractivity contribution >= 4 is 0 Å². The van der Waals surface area contributed by atoms with Gasteiger partial charge in [0.1, 0.15) is 17.5 Å². The van der Waals surface area contributed by atoms with Crippen LogP contribution in [-0.4, -0.2) is 28.6 Å². The van der Waals surface area contributed by atoms with Gasteiger partial charge in [-0.1, -0.05) is 18.2 Å². The maximum absolute atomic E-state index is 10.8. The molecule has 5 heteroatoms. The molecule has 1 aliphatic heterocycles. The molecule has 1 aromatic carbocycles. The van der Waals surface area contributed by atoms with Crippen molar-refractivity contribution in [3.05, 3.63) is 41.7 Å². The fraction of sp³-hybridized carbons (Fsp3) is 0.438. The molecule has 0 aliphatic carbocycles. The van der Waals surface area contributed by atoms with Crippen LogP contribution in [0.3, 0.4) is 0 Å². The van der Waals surface area contributed by atoms with Crippen LogP contribution >= 0.6 is 0 Å². The minimum Gasteiger partial charge on any atom is -0.493 e. The van der Waals surface area contributed by atoms with Crippen molar-refractivity contribution in [3.63, 3.8) is 0 Å². The number of rotatable bonds is 4. The van der Waals surface area contributed by atoms with E-state index in [1.165, 1.54) is 0 Å². The number of para-hydroxylation sites is 1. The minimum atomic E-state index is -0.657. The Hall–Kier alpha value is -2.01. The zero-order valence-corrected chi connectivity index (χ0v) is 12.3. The summed E-state index contributed by atoms with van der Waals surface area (Å²) in [5.74, 6) is 1.54. The van der Waals surface area contributed by atoms with Gasteiger partial charge in [0.15, 0.2) is 5.75 Å². The van der Waals surface area contributed by atoms with Crippen LogP contribution in [0.15, 0.2) is 30.5 Å². The van der Waals surface area contributed by atoms with E-state index in [0.717, 1.165) is 23.4 Å². The first-order chi connectivity index (χ1) is 10.2. The van der Waals surface area contributed by atoms with Crippen molar-refractivity contribution in [1.82, 2.24) is 9.78 Å². The van der Waals surface area contributed by atoms with E-state index in [9.17, 15) is 5.11 Å². The molecule has 112 valence electrons. The van der Waals surface area contributed by atoms with E-state index in [4.69, 9.17) is 9.47 Å². The highest BCUT2D eigenvalue weighted by molar-refractivity contribution is 5.36. The minimum absolute atomic E-state index is 0.00389. The third-order valence-corrected chi connectivity index (χ3v) is 4.00. The van der Waals surface area contributed by atoms with Crippen LogP contribution < -0.4 is 9.47 Å². The highest BCUT2D eigenvalue weighted by Crippen LogP contribution is 2.36. The number of benzene rings is 1. The molecule has 2 heterocycles. The molecule has 0 amide bonds. The van der Waals surface area contributed by atoms with Gasteiger partial charge in [0.2, 0.25) is 0 Å². The monoisotopic (exact) mass is 288 g/mol. The van der Waals surface area contributed by atoms with Crippen molar-refractivity contribution in [2.75, 3.05) is 13.7 Å². The molecule has 0 bridgehead atoms. The summed E-state index contributed by atoms with van der Waals surface area (Å²) in [5, 5.41) is 15.0. The number of hydrogen-bond donors (Lipinski definition) is 1. The SMILES string of the molecule is CCn1ncc(OC)c1C(O)C1COc2ccccc2C1. The number of fused-ring (bicyclic) bond motifs is 1. The van der Waals surface area contributed by atoms with Gasteiger partial charge in [-0.15, -0.1) is 0 Å². The standard InChI is InChI=1S/C16H20N2O3/c1-3-18-15(14(20-2)9-17-18)16(19)12-8-11-6-4-5-7-13(11)21-10-12/h4-7,9,12,16,19H,3,8,10H2,1-2H3. The Kier molecular flexibility index (Phi) is 3.84. The fourth-order valence-electron chi connectivity index (χ4n) is 2.86. The van der Waals surface area contributed by atoms with Gasteiger partial charge in [0.25, 0.3) is 0 Å². The molecule has 2 aromatic rings. The summed E-state index contributed by atoms with van der Waals surface area (Å²) in [6.07, 6.45) is 1.78. The molecule has 1 aromatic heterocycles. The Balaban J connectivity index is 1.87. The number of aliphatic hydroxyl groups is 1. The molecule has 0 radical (unpaired) electrons. The summed E-state index contributed by atoms with van der Waals surface area (Å²) >= 11 is 0. The molecule has 1 aliphatic rings. The lowest BCUT2D eigenvalue weighted by molar-refractivity contribution is 0.0561. The average Bonchev–Trinajstić information content (AvgIpc) is 2.96. The van der Waals surface area contributed by atoms with E-state index < -0.39 is 6.10 Å². The van der Waals surface area contributed by atoms with E-state index in [0.29, 0.717) is 18.9 Å². The smallest absolute Gasteiger partial charge is 0.162 e. The molecule has 1 N–H and O–H groups in total. The molecular formula is C16H20N2O3.